The predicted octanol–water partition coefficient (Wildman–Crippen LogP) is 3.34. The van der Waals surface area contributed by atoms with Crippen molar-refractivity contribution in [3.63, 3.8) is 0 Å². The lowest BCUT2D eigenvalue weighted by Crippen LogP contribution is -2.38. The van der Waals surface area contributed by atoms with E-state index >= 15 is 0 Å². The molecule has 0 spiro atoms. The first-order valence-corrected chi connectivity index (χ1v) is 8.12. The Morgan fingerprint density at radius 3 is 3.05 bits per heavy atom. The lowest BCUT2D eigenvalue weighted by atomic mass is 9.62. The molecule has 0 amide bonds. The molecule has 0 bridgehead atoms. The van der Waals surface area contributed by atoms with Gasteiger partial charge in [0.1, 0.15) is 5.75 Å². The molecule has 1 aliphatic carbocycles. The van der Waals surface area contributed by atoms with E-state index in [9.17, 15) is 10.4 Å². The van der Waals surface area contributed by atoms with Crippen molar-refractivity contribution >= 4 is 0 Å². The van der Waals surface area contributed by atoms with Crippen molar-refractivity contribution in [3.8, 4) is 11.8 Å². The number of benzene rings is 1. The minimum Gasteiger partial charge on any atom is -0.508 e. The van der Waals surface area contributed by atoms with Crippen LogP contribution in [0.2, 0.25) is 0 Å². The SMILES string of the molecule is Cc1cc2c(cc1O)CC2(C#N)CCCOC1CCCCO1. The molecule has 0 saturated carbocycles. The second kappa shape index (κ2) is 6.28. The maximum atomic E-state index is 9.74. The van der Waals surface area contributed by atoms with Gasteiger partial charge < -0.3 is 14.6 Å². The first kappa shape index (κ1) is 15.3. The Morgan fingerprint density at radius 1 is 1.45 bits per heavy atom. The van der Waals surface area contributed by atoms with Gasteiger partial charge in [0, 0.05) is 13.2 Å². The van der Waals surface area contributed by atoms with Gasteiger partial charge in [-0.1, -0.05) is 6.07 Å². The number of nitrogens with zero attached hydrogens (tertiary/aromatic N) is 1. The zero-order valence-corrected chi connectivity index (χ0v) is 13.1. The molecule has 0 aromatic heterocycles. The van der Waals surface area contributed by atoms with Crippen LogP contribution in [-0.4, -0.2) is 24.6 Å². The van der Waals surface area contributed by atoms with E-state index in [1.54, 1.807) is 6.07 Å². The Morgan fingerprint density at radius 2 is 2.32 bits per heavy atom. The average molecular weight is 301 g/mol. The summed E-state index contributed by atoms with van der Waals surface area (Å²) >= 11 is 0. The summed E-state index contributed by atoms with van der Waals surface area (Å²) in [6.07, 6.45) is 5.60. The van der Waals surface area contributed by atoms with Crippen molar-refractivity contribution in [2.75, 3.05) is 13.2 Å². The molecule has 1 N–H and O–H groups in total. The number of phenols is 1. The third-order valence-corrected chi connectivity index (χ3v) is 4.83. The summed E-state index contributed by atoms with van der Waals surface area (Å²) in [6.45, 7) is 3.31. The van der Waals surface area contributed by atoms with Crippen molar-refractivity contribution in [1.82, 2.24) is 0 Å². The summed E-state index contributed by atoms with van der Waals surface area (Å²) in [7, 11) is 0. The zero-order valence-electron chi connectivity index (χ0n) is 13.1. The van der Waals surface area contributed by atoms with Crippen LogP contribution in [0.4, 0.5) is 0 Å². The summed E-state index contributed by atoms with van der Waals surface area (Å²) in [5.74, 6) is 0.322. The molecule has 1 aromatic rings. The molecule has 1 saturated heterocycles. The molecule has 3 rings (SSSR count). The number of aromatic hydroxyl groups is 1. The highest BCUT2D eigenvalue weighted by Crippen LogP contribution is 2.46. The highest BCUT2D eigenvalue weighted by Gasteiger charge is 2.43. The Bertz CT molecular complexity index is 587. The fourth-order valence-corrected chi connectivity index (χ4v) is 3.46. The summed E-state index contributed by atoms with van der Waals surface area (Å²) in [6, 6.07) is 6.25. The average Bonchev–Trinajstić information content (AvgIpc) is 2.53. The van der Waals surface area contributed by atoms with Gasteiger partial charge in [-0.25, -0.2) is 0 Å². The van der Waals surface area contributed by atoms with E-state index in [2.05, 4.69) is 6.07 Å². The van der Waals surface area contributed by atoms with Gasteiger partial charge in [0.25, 0.3) is 0 Å². The van der Waals surface area contributed by atoms with Crippen LogP contribution < -0.4 is 0 Å². The van der Waals surface area contributed by atoms with E-state index in [0.29, 0.717) is 12.4 Å². The zero-order chi connectivity index (χ0) is 15.6. The van der Waals surface area contributed by atoms with Crippen LogP contribution in [0.3, 0.4) is 0 Å². The molecule has 118 valence electrons. The van der Waals surface area contributed by atoms with E-state index in [4.69, 9.17) is 9.47 Å². The van der Waals surface area contributed by atoms with Gasteiger partial charge in [0.2, 0.25) is 0 Å². The highest BCUT2D eigenvalue weighted by atomic mass is 16.7. The van der Waals surface area contributed by atoms with Gasteiger partial charge in [-0.2, -0.15) is 5.26 Å². The molecule has 2 aliphatic rings. The van der Waals surface area contributed by atoms with Crippen LogP contribution in [-0.2, 0) is 21.3 Å². The van der Waals surface area contributed by atoms with Gasteiger partial charge in [-0.3, -0.25) is 0 Å². The summed E-state index contributed by atoms with van der Waals surface area (Å²) in [5.41, 5.74) is 2.62. The van der Waals surface area contributed by atoms with Gasteiger partial charge in [0.05, 0.1) is 11.5 Å². The summed E-state index contributed by atoms with van der Waals surface area (Å²) in [5, 5.41) is 19.4. The second-order valence-corrected chi connectivity index (χ2v) is 6.44. The minimum absolute atomic E-state index is 0.0559. The molecule has 1 fully saturated rings. The lowest BCUT2D eigenvalue weighted by molar-refractivity contribution is -0.163. The lowest BCUT2D eigenvalue weighted by Gasteiger charge is -2.39. The first-order chi connectivity index (χ1) is 10.6. The van der Waals surface area contributed by atoms with Crippen molar-refractivity contribution < 1.29 is 14.6 Å². The third-order valence-electron chi connectivity index (χ3n) is 4.83. The first-order valence-electron chi connectivity index (χ1n) is 8.12. The normalized spacial score (nSPS) is 26.8. The second-order valence-electron chi connectivity index (χ2n) is 6.44. The summed E-state index contributed by atoms with van der Waals surface area (Å²) < 4.78 is 11.3. The molecule has 2 atom stereocenters. The van der Waals surface area contributed by atoms with E-state index in [0.717, 1.165) is 55.4 Å². The number of ether oxygens (including phenoxy) is 2. The number of fused-ring (bicyclic) bond motifs is 1. The Labute approximate surface area is 131 Å². The monoisotopic (exact) mass is 301 g/mol. The van der Waals surface area contributed by atoms with E-state index < -0.39 is 5.41 Å². The number of hydrogen-bond acceptors (Lipinski definition) is 4. The quantitative estimate of drug-likeness (QED) is 0.847. The highest BCUT2D eigenvalue weighted by molar-refractivity contribution is 5.55. The van der Waals surface area contributed by atoms with E-state index in [1.807, 2.05) is 13.0 Å². The van der Waals surface area contributed by atoms with Crippen molar-refractivity contribution in [2.24, 2.45) is 0 Å². The van der Waals surface area contributed by atoms with Crippen LogP contribution in [0.1, 0.15) is 48.8 Å². The molecule has 2 unspecified atom stereocenters. The number of rotatable bonds is 5. The Balaban J connectivity index is 1.54. The van der Waals surface area contributed by atoms with E-state index in [-0.39, 0.29) is 6.29 Å². The molecule has 0 radical (unpaired) electrons. The number of aryl methyl sites for hydroxylation is 1. The summed E-state index contributed by atoms with van der Waals surface area (Å²) in [4.78, 5) is 0. The van der Waals surface area contributed by atoms with Crippen molar-refractivity contribution in [2.45, 2.75) is 57.2 Å². The number of phenolic OH excluding ortho intramolecular Hbond substituents is 1. The van der Waals surface area contributed by atoms with Crippen LogP contribution in [0.15, 0.2) is 12.1 Å². The predicted molar refractivity (Wildman–Crippen MR) is 82.6 cm³/mol. The molecule has 1 aromatic carbocycles. The molecule has 4 nitrogen and oxygen atoms in total. The number of nitriles is 1. The molecular formula is C18H23NO3. The topological polar surface area (TPSA) is 62.5 Å². The molecule has 22 heavy (non-hydrogen) atoms. The Kier molecular flexibility index (Phi) is 4.37. The molecule has 1 heterocycles. The van der Waals surface area contributed by atoms with Crippen molar-refractivity contribution in [1.29, 1.82) is 5.26 Å². The van der Waals surface area contributed by atoms with Gasteiger partial charge in [-0.15, -0.1) is 0 Å². The molecule has 4 heteroatoms. The minimum atomic E-state index is -0.398. The van der Waals surface area contributed by atoms with Gasteiger partial charge >= 0.3 is 0 Å². The fourth-order valence-electron chi connectivity index (χ4n) is 3.46. The molecular weight excluding hydrogens is 278 g/mol. The largest absolute Gasteiger partial charge is 0.508 e. The maximum Gasteiger partial charge on any atom is 0.157 e. The number of hydrogen-bond donors (Lipinski definition) is 1. The maximum absolute atomic E-state index is 9.74. The molecule has 1 aliphatic heterocycles. The van der Waals surface area contributed by atoms with Crippen LogP contribution >= 0.6 is 0 Å². The standard InChI is InChI=1S/C18H23NO3/c1-13-9-15-14(10-16(13)20)11-18(15,12-19)6-4-8-22-17-5-2-3-7-21-17/h9-10,17,20H,2-8,11H2,1H3. The van der Waals surface area contributed by atoms with Crippen LogP contribution in [0, 0.1) is 18.3 Å². The van der Waals surface area contributed by atoms with Gasteiger partial charge in [0.15, 0.2) is 6.29 Å². The Hall–Kier alpha value is -1.57. The smallest absolute Gasteiger partial charge is 0.157 e. The van der Waals surface area contributed by atoms with E-state index in [1.165, 1.54) is 6.42 Å². The van der Waals surface area contributed by atoms with Crippen LogP contribution in [0.5, 0.6) is 5.75 Å². The third kappa shape index (κ3) is 2.84. The van der Waals surface area contributed by atoms with Crippen LogP contribution in [0.25, 0.3) is 0 Å². The fraction of sp³-hybridized carbons (Fsp3) is 0.611. The van der Waals surface area contributed by atoms with Crippen molar-refractivity contribution in [3.05, 3.63) is 28.8 Å². The van der Waals surface area contributed by atoms with Gasteiger partial charge in [-0.05, 0) is 68.2 Å².